The zero-order valence-corrected chi connectivity index (χ0v) is 12.0. The lowest BCUT2D eigenvalue weighted by Crippen LogP contribution is -2.62. The molecular weight excluding hydrogens is 281 g/mol. The summed E-state index contributed by atoms with van der Waals surface area (Å²) >= 11 is 0. The van der Waals surface area contributed by atoms with Crippen molar-refractivity contribution < 1.29 is 22.0 Å². The lowest BCUT2D eigenvalue weighted by Gasteiger charge is -2.42. The molecule has 0 N–H and O–H groups in total. The zero-order chi connectivity index (χ0) is 15.8. The second-order valence-corrected chi connectivity index (χ2v) is 5.82. The van der Waals surface area contributed by atoms with Crippen LogP contribution >= 0.6 is 0 Å². The van der Waals surface area contributed by atoms with Crippen molar-refractivity contribution in [3.8, 4) is 0 Å². The standard InChI is InChI=1S/C12H20F5N3/c1-5-6-7-20-9(11(13,14)12(15,16)17)19(8-18-20)10(2,3)4/h8-9H,5-7H2,1-4H3. The molecule has 0 aromatic rings. The maximum absolute atomic E-state index is 13.8. The minimum Gasteiger partial charge on any atom is -0.329 e. The van der Waals surface area contributed by atoms with E-state index in [0.29, 0.717) is 12.8 Å². The van der Waals surface area contributed by atoms with Crippen molar-refractivity contribution in [3.63, 3.8) is 0 Å². The van der Waals surface area contributed by atoms with Crippen molar-refractivity contribution >= 4 is 6.34 Å². The van der Waals surface area contributed by atoms with E-state index in [-0.39, 0.29) is 6.54 Å². The number of hydrogen-bond donors (Lipinski definition) is 0. The highest BCUT2D eigenvalue weighted by atomic mass is 19.4. The van der Waals surface area contributed by atoms with Crippen LogP contribution in [-0.4, -0.2) is 46.6 Å². The van der Waals surface area contributed by atoms with E-state index in [2.05, 4.69) is 5.10 Å². The summed E-state index contributed by atoms with van der Waals surface area (Å²) in [6, 6.07) is 0. The first-order valence-electron chi connectivity index (χ1n) is 6.46. The number of halogens is 5. The van der Waals surface area contributed by atoms with Gasteiger partial charge in [0.2, 0.25) is 0 Å². The summed E-state index contributed by atoms with van der Waals surface area (Å²) in [5.74, 6) is -4.86. The number of rotatable bonds is 4. The van der Waals surface area contributed by atoms with Gasteiger partial charge < -0.3 is 4.90 Å². The van der Waals surface area contributed by atoms with Gasteiger partial charge in [-0.05, 0) is 27.2 Å². The molecule has 1 aliphatic rings. The summed E-state index contributed by atoms with van der Waals surface area (Å²) in [6.45, 7) is 6.61. The number of hydrogen-bond acceptors (Lipinski definition) is 3. The van der Waals surface area contributed by atoms with Gasteiger partial charge in [0.05, 0.1) is 0 Å². The number of nitrogens with zero attached hydrogens (tertiary/aromatic N) is 3. The van der Waals surface area contributed by atoms with Gasteiger partial charge in [0, 0.05) is 12.1 Å². The Morgan fingerprint density at radius 2 is 1.65 bits per heavy atom. The Balaban J connectivity index is 3.11. The van der Waals surface area contributed by atoms with E-state index in [1.165, 1.54) is 0 Å². The quantitative estimate of drug-likeness (QED) is 0.738. The molecule has 118 valence electrons. The van der Waals surface area contributed by atoms with Crippen molar-refractivity contribution in [2.24, 2.45) is 5.10 Å². The van der Waals surface area contributed by atoms with E-state index >= 15 is 0 Å². The molecule has 0 aromatic carbocycles. The first-order valence-corrected chi connectivity index (χ1v) is 6.46. The molecule has 8 heteroatoms. The third kappa shape index (κ3) is 3.15. The zero-order valence-electron chi connectivity index (χ0n) is 12.0. The minimum absolute atomic E-state index is 0.0654. The van der Waals surface area contributed by atoms with Gasteiger partial charge in [-0.3, -0.25) is 5.01 Å². The number of hydrazone groups is 1. The van der Waals surface area contributed by atoms with Crippen molar-refractivity contribution in [2.45, 2.75) is 64.3 Å². The van der Waals surface area contributed by atoms with Crippen LogP contribution in [0, 0.1) is 0 Å². The van der Waals surface area contributed by atoms with Crippen molar-refractivity contribution in [1.82, 2.24) is 9.91 Å². The second-order valence-electron chi connectivity index (χ2n) is 5.82. The van der Waals surface area contributed by atoms with E-state index in [9.17, 15) is 22.0 Å². The fourth-order valence-corrected chi connectivity index (χ4v) is 1.94. The monoisotopic (exact) mass is 301 g/mol. The Bertz CT molecular complexity index is 359. The van der Waals surface area contributed by atoms with Gasteiger partial charge in [0.1, 0.15) is 6.34 Å². The summed E-state index contributed by atoms with van der Waals surface area (Å²) in [7, 11) is 0. The van der Waals surface area contributed by atoms with E-state index in [4.69, 9.17) is 0 Å². The highest BCUT2D eigenvalue weighted by molar-refractivity contribution is 5.58. The van der Waals surface area contributed by atoms with E-state index < -0.39 is 23.8 Å². The smallest absolute Gasteiger partial charge is 0.329 e. The van der Waals surface area contributed by atoms with Crippen LogP contribution in [0.1, 0.15) is 40.5 Å². The molecule has 0 fully saturated rings. The van der Waals surface area contributed by atoms with Crippen LogP contribution in [0.5, 0.6) is 0 Å². The summed E-state index contributed by atoms with van der Waals surface area (Å²) in [4.78, 5) is 0.968. The molecule has 0 aliphatic carbocycles. The minimum atomic E-state index is -5.61. The Morgan fingerprint density at radius 3 is 2.05 bits per heavy atom. The van der Waals surface area contributed by atoms with Crippen molar-refractivity contribution in [1.29, 1.82) is 0 Å². The van der Waals surface area contributed by atoms with Crippen LogP contribution in [0.15, 0.2) is 5.10 Å². The predicted octanol–water partition coefficient (Wildman–Crippen LogP) is 3.67. The van der Waals surface area contributed by atoms with Crippen LogP contribution in [-0.2, 0) is 0 Å². The third-order valence-corrected chi connectivity index (χ3v) is 3.09. The number of unbranched alkanes of at least 4 members (excludes halogenated alkanes) is 1. The molecule has 1 aliphatic heterocycles. The maximum Gasteiger partial charge on any atom is 0.457 e. The highest BCUT2D eigenvalue weighted by Gasteiger charge is 2.67. The Labute approximate surface area is 115 Å². The molecule has 1 rings (SSSR count). The average Bonchev–Trinajstić information content (AvgIpc) is 2.68. The van der Waals surface area contributed by atoms with Crippen LogP contribution in [0.2, 0.25) is 0 Å². The van der Waals surface area contributed by atoms with E-state index in [0.717, 1.165) is 16.2 Å². The fourth-order valence-electron chi connectivity index (χ4n) is 1.94. The molecule has 1 unspecified atom stereocenters. The fraction of sp³-hybridized carbons (Fsp3) is 0.917. The second kappa shape index (κ2) is 5.37. The third-order valence-electron chi connectivity index (χ3n) is 3.09. The van der Waals surface area contributed by atoms with Gasteiger partial charge in [0.25, 0.3) is 0 Å². The van der Waals surface area contributed by atoms with E-state index in [1.807, 2.05) is 6.92 Å². The molecule has 0 radical (unpaired) electrons. The molecule has 1 heterocycles. The lowest BCUT2D eigenvalue weighted by molar-refractivity contribution is -0.317. The molecule has 0 saturated heterocycles. The average molecular weight is 301 g/mol. The summed E-state index contributed by atoms with van der Waals surface area (Å²) in [5, 5.41) is 4.57. The van der Waals surface area contributed by atoms with Gasteiger partial charge in [-0.15, -0.1) is 0 Å². The summed E-state index contributed by atoms with van der Waals surface area (Å²) < 4.78 is 65.7. The van der Waals surface area contributed by atoms with Gasteiger partial charge in [0.15, 0.2) is 6.17 Å². The lowest BCUT2D eigenvalue weighted by atomic mass is 10.0. The van der Waals surface area contributed by atoms with Crippen LogP contribution < -0.4 is 0 Å². The molecule has 0 saturated carbocycles. The summed E-state index contributed by atoms with van der Waals surface area (Å²) in [5.41, 5.74) is -0.885. The normalized spacial score (nSPS) is 20.9. The molecule has 0 aromatic heterocycles. The largest absolute Gasteiger partial charge is 0.457 e. The molecule has 0 bridgehead atoms. The number of alkyl halides is 5. The Kier molecular flexibility index (Phi) is 4.55. The van der Waals surface area contributed by atoms with Gasteiger partial charge in [-0.2, -0.15) is 27.1 Å². The summed E-state index contributed by atoms with van der Waals surface area (Å²) in [6.07, 6.45) is -5.49. The van der Waals surface area contributed by atoms with Crippen molar-refractivity contribution in [2.75, 3.05) is 6.54 Å². The first-order chi connectivity index (χ1) is 8.93. The van der Waals surface area contributed by atoms with Gasteiger partial charge in [-0.1, -0.05) is 13.3 Å². The molecule has 0 amide bonds. The highest BCUT2D eigenvalue weighted by Crippen LogP contribution is 2.44. The topological polar surface area (TPSA) is 18.8 Å². The van der Waals surface area contributed by atoms with Gasteiger partial charge >= 0.3 is 12.1 Å². The SMILES string of the molecule is CCCCN1N=CN(C(C)(C)C)C1C(F)(F)C(F)(F)F. The van der Waals surface area contributed by atoms with Crippen LogP contribution in [0.25, 0.3) is 0 Å². The predicted molar refractivity (Wildman–Crippen MR) is 66.5 cm³/mol. The maximum atomic E-state index is 13.8. The Morgan fingerprint density at radius 1 is 1.10 bits per heavy atom. The molecule has 1 atom stereocenters. The molecular formula is C12H20F5N3. The molecule has 0 spiro atoms. The van der Waals surface area contributed by atoms with Crippen LogP contribution in [0.3, 0.4) is 0 Å². The van der Waals surface area contributed by atoms with Gasteiger partial charge in [-0.25, -0.2) is 0 Å². The van der Waals surface area contributed by atoms with E-state index in [1.54, 1.807) is 20.8 Å². The molecule has 3 nitrogen and oxygen atoms in total. The van der Waals surface area contributed by atoms with Crippen LogP contribution in [0.4, 0.5) is 22.0 Å². The Hall–Kier alpha value is -1.08. The first kappa shape index (κ1) is 17.0. The van der Waals surface area contributed by atoms with Crippen molar-refractivity contribution in [3.05, 3.63) is 0 Å². The molecule has 20 heavy (non-hydrogen) atoms.